The first-order chi connectivity index (χ1) is 17.2. The third-order valence-corrected chi connectivity index (χ3v) is 6.11. The van der Waals surface area contributed by atoms with Gasteiger partial charge >= 0.3 is 12.3 Å². The molecule has 9 nitrogen and oxygen atoms in total. The zero-order valence-corrected chi connectivity index (χ0v) is 19.0. The molecular weight excluding hydrogens is 479 g/mol. The number of amidine groups is 1. The van der Waals surface area contributed by atoms with E-state index in [1.165, 1.54) is 24.1 Å². The number of amides is 2. The lowest BCUT2D eigenvalue weighted by molar-refractivity contribution is -0.141. The van der Waals surface area contributed by atoms with E-state index in [4.69, 9.17) is 4.74 Å². The Bertz CT molecular complexity index is 1360. The number of fused-ring (bicyclic) bond motifs is 1. The number of hydrogen-bond acceptors (Lipinski definition) is 5. The minimum Gasteiger partial charge on any atom is -0.497 e. The van der Waals surface area contributed by atoms with Crippen LogP contribution in [0.4, 0.5) is 23.7 Å². The van der Waals surface area contributed by atoms with E-state index in [0.717, 1.165) is 9.58 Å². The van der Waals surface area contributed by atoms with Crippen LogP contribution in [-0.2, 0) is 12.6 Å². The minimum absolute atomic E-state index is 0.0325. The molecule has 12 heteroatoms. The number of alkyl halides is 3. The number of aliphatic imine (C=N–C) groups is 1. The average molecular weight is 499 g/mol. The highest BCUT2D eigenvalue weighted by Gasteiger charge is 2.43. The van der Waals surface area contributed by atoms with Gasteiger partial charge in [-0.3, -0.25) is 14.7 Å². The van der Waals surface area contributed by atoms with Crippen LogP contribution in [0.2, 0.25) is 0 Å². The number of carbonyl (C=O) groups excluding carboxylic acids is 1. The second-order valence-corrected chi connectivity index (χ2v) is 8.18. The molecule has 0 unspecified atom stereocenters. The van der Waals surface area contributed by atoms with Gasteiger partial charge in [-0.2, -0.15) is 18.3 Å². The number of hydrogen-bond donors (Lipinski definition) is 1. The molecule has 3 heterocycles. The van der Waals surface area contributed by atoms with Gasteiger partial charge in [0.15, 0.2) is 5.69 Å². The summed E-state index contributed by atoms with van der Waals surface area (Å²) in [5.41, 5.74) is -0.0586. The molecule has 2 aliphatic rings. The standard InChI is InChI=1S/C24H20F3N5O4/c1-36-17-8-6-16(7-9-17)32-19-18(20(29-32)24(25,26)27)10-12-30(22(19)33)15-4-2-14(3-5-15)21-28-11-13-31(21)23(34)35/h2-9H,10-13H2,1H3,(H,34,35). The van der Waals surface area contributed by atoms with Crippen LogP contribution in [0.5, 0.6) is 5.75 Å². The third kappa shape index (κ3) is 3.93. The van der Waals surface area contributed by atoms with E-state index in [1.807, 2.05) is 0 Å². The van der Waals surface area contributed by atoms with Gasteiger partial charge in [-0.15, -0.1) is 0 Å². The van der Waals surface area contributed by atoms with Gasteiger partial charge in [-0.05, 0) is 55.0 Å². The normalized spacial score (nSPS) is 15.7. The molecule has 2 amide bonds. The van der Waals surface area contributed by atoms with Crippen molar-refractivity contribution in [2.24, 2.45) is 4.99 Å². The molecule has 2 aromatic carbocycles. The first kappa shape index (κ1) is 23.4. The zero-order chi connectivity index (χ0) is 25.6. The number of benzene rings is 2. The predicted molar refractivity (Wildman–Crippen MR) is 123 cm³/mol. The minimum atomic E-state index is -4.72. The molecule has 0 atom stereocenters. The highest BCUT2D eigenvalue weighted by molar-refractivity contribution is 6.09. The van der Waals surface area contributed by atoms with E-state index in [-0.39, 0.29) is 30.8 Å². The molecule has 1 N–H and O–H groups in total. The van der Waals surface area contributed by atoms with Gasteiger partial charge in [0.05, 0.1) is 25.9 Å². The summed E-state index contributed by atoms with van der Waals surface area (Å²) in [6.07, 6.45) is -5.86. The number of rotatable bonds is 4. The Morgan fingerprint density at radius 3 is 2.31 bits per heavy atom. The van der Waals surface area contributed by atoms with Gasteiger partial charge < -0.3 is 14.7 Å². The van der Waals surface area contributed by atoms with E-state index >= 15 is 0 Å². The van der Waals surface area contributed by atoms with Crippen LogP contribution >= 0.6 is 0 Å². The van der Waals surface area contributed by atoms with Crippen molar-refractivity contribution in [3.63, 3.8) is 0 Å². The molecule has 0 saturated carbocycles. The SMILES string of the molecule is COc1ccc(-n2nc(C(F)(F)F)c3c2C(=O)N(c2ccc(C4=NCCN4C(=O)O)cc2)CC3)cc1. The second-order valence-electron chi connectivity index (χ2n) is 8.18. The number of ether oxygens (including phenoxy) is 1. The summed E-state index contributed by atoms with van der Waals surface area (Å²) in [4.78, 5) is 31.7. The molecule has 0 fully saturated rings. The lowest BCUT2D eigenvalue weighted by Gasteiger charge is -2.28. The van der Waals surface area contributed by atoms with Gasteiger partial charge in [-0.1, -0.05) is 0 Å². The average Bonchev–Trinajstić information content (AvgIpc) is 3.51. The van der Waals surface area contributed by atoms with Crippen LogP contribution in [0.1, 0.15) is 27.3 Å². The molecule has 0 radical (unpaired) electrons. The van der Waals surface area contributed by atoms with E-state index < -0.39 is 23.9 Å². The second kappa shape index (κ2) is 8.70. The van der Waals surface area contributed by atoms with Gasteiger partial charge in [0.1, 0.15) is 17.3 Å². The summed E-state index contributed by atoms with van der Waals surface area (Å²) >= 11 is 0. The van der Waals surface area contributed by atoms with E-state index in [9.17, 15) is 27.9 Å². The van der Waals surface area contributed by atoms with E-state index in [1.54, 1.807) is 36.4 Å². The van der Waals surface area contributed by atoms with Crippen LogP contribution in [0.3, 0.4) is 0 Å². The maximum Gasteiger partial charge on any atom is 0.435 e. The molecule has 0 spiro atoms. The quantitative estimate of drug-likeness (QED) is 0.588. The zero-order valence-electron chi connectivity index (χ0n) is 19.0. The summed E-state index contributed by atoms with van der Waals surface area (Å²) in [7, 11) is 1.47. The maximum absolute atomic E-state index is 13.8. The van der Waals surface area contributed by atoms with Crippen molar-refractivity contribution in [1.82, 2.24) is 14.7 Å². The van der Waals surface area contributed by atoms with Crippen LogP contribution in [-0.4, -0.2) is 64.4 Å². The topological polar surface area (TPSA) is 100 Å². The Kier molecular flexibility index (Phi) is 5.65. The molecule has 186 valence electrons. The number of nitrogens with zero attached hydrogens (tertiary/aromatic N) is 5. The summed E-state index contributed by atoms with van der Waals surface area (Å²) < 4.78 is 47.5. The molecular formula is C24H20F3N5O4. The van der Waals surface area contributed by atoms with Crippen molar-refractivity contribution >= 4 is 23.5 Å². The van der Waals surface area contributed by atoms with Crippen LogP contribution < -0.4 is 9.64 Å². The Labute approximate surface area is 203 Å². The number of aromatic nitrogens is 2. The summed E-state index contributed by atoms with van der Waals surface area (Å²) in [5.74, 6) is 0.207. The van der Waals surface area contributed by atoms with Gasteiger partial charge in [0.2, 0.25) is 0 Å². The molecule has 2 aliphatic heterocycles. The lowest BCUT2D eigenvalue weighted by Crippen LogP contribution is -2.39. The maximum atomic E-state index is 13.8. The monoisotopic (exact) mass is 499 g/mol. The lowest BCUT2D eigenvalue weighted by atomic mass is 10.0. The highest BCUT2D eigenvalue weighted by atomic mass is 19.4. The van der Waals surface area contributed by atoms with Crippen molar-refractivity contribution in [1.29, 1.82) is 0 Å². The molecule has 5 rings (SSSR count). The van der Waals surface area contributed by atoms with Gasteiger partial charge in [0.25, 0.3) is 5.91 Å². The van der Waals surface area contributed by atoms with Crippen molar-refractivity contribution in [3.8, 4) is 11.4 Å². The van der Waals surface area contributed by atoms with Crippen molar-refractivity contribution < 1.29 is 32.6 Å². The number of halogens is 3. The van der Waals surface area contributed by atoms with Crippen LogP contribution in [0.15, 0.2) is 53.5 Å². The van der Waals surface area contributed by atoms with E-state index in [0.29, 0.717) is 35.1 Å². The smallest absolute Gasteiger partial charge is 0.435 e. The molecule has 0 aliphatic carbocycles. The van der Waals surface area contributed by atoms with Crippen molar-refractivity contribution in [3.05, 3.63) is 71.0 Å². The Morgan fingerprint density at radius 1 is 1.03 bits per heavy atom. The highest BCUT2D eigenvalue weighted by Crippen LogP contribution is 2.37. The molecule has 36 heavy (non-hydrogen) atoms. The first-order valence-electron chi connectivity index (χ1n) is 11.0. The molecule has 0 bridgehead atoms. The number of carbonyl (C=O) groups is 2. The Morgan fingerprint density at radius 2 is 1.69 bits per heavy atom. The Balaban J connectivity index is 1.51. The first-order valence-corrected chi connectivity index (χ1v) is 11.0. The third-order valence-electron chi connectivity index (χ3n) is 6.11. The summed E-state index contributed by atoms with van der Waals surface area (Å²) in [6, 6.07) is 12.7. The fourth-order valence-electron chi connectivity index (χ4n) is 4.42. The van der Waals surface area contributed by atoms with E-state index in [2.05, 4.69) is 10.1 Å². The molecule has 3 aromatic rings. The van der Waals surface area contributed by atoms with Crippen LogP contribution in [0.25, 0.3) is 5.69 Å². The van der Waals surface area contributed by atoms with Gasteiger partial charge in [0, 0.05) is 23.4 Å². The van der Waals surface area contributed by atoms with Gasteiger partial charge in [-0.25, -0.2) is 9.48 Å². The predicted octanol–water partition coefficient (Wildman–Crippen LogP) is 3.84. The molecule has 1 aromatic heterocycles. The number of carboxylic acid groups (broad SMARTS) is 1. The number of methoxy groups -OCH3 is 1. The largest absolute Gasteiger partial charge is 0.497 e. The van der Waals surface area contributed by atoms with Crippen molar-refractivity contribution in [2.45, 2.75) is 12.6 Å². The summed E-state index contributed by atoms with van der Waals surface area (Å²) in [5, 5.41) is 13.1. The van der Waals surface area contributed by atoms with Crippen molar-refractivity contribution in [2.75, 3.05) is 31.6 Å². The summed E-state index contributed by atoms with van der Waals surface area (Å²) in [6.45, 7) is 0.648. The fourth-order valence-corrected chi connectivity index (χ4v) is 4.42. The number of anilines is 1. The fraction of sp³-hybridized carbons (Fsp3) is 0.250. The Hall–Kier alpha value is -4.35. The van der Waals surface area contributed by atoms with Crippen LogP contribution in [0, 0.1) is 0 Å². The molecule has 0 saturated heterocycles.